The summed E-state index contributed by atoms with van der Waals surface area (Å²) in [6.45, 7) is 2.69. The fourth-order valence-electron chi connectivity index (χ4n) is 5.11. The van der Waals surface area contributed by atoms with E-state index in [1.807, 2.05) is 80.6 Å². The lowest BCUT2D eigenvalue weighted by atomic mass is 9.99. The number of ether oxygens (including phenoxy) is 2. The maximum Gasteiger partial charge on any atom is 0.321 e. The predicted molar refractivity (Wildman–Crippen MR) is 112 cm³/mol. The average Bonchev–Trinajstić information content (AvgIpc) is 3.53. The van der Waals surface area contributed by atoms with Crippen LogP contribution in [0.25, 0.3) is 0 Å². The van der Waals surface area contributed by atoms with Gasteiger partial charge in [-0.25, -0.2) is 4.79 Å². The van der Waals surface area contributed by atoms with Crippen molar-refractivity contribution in [3.05, 3.63) is 71.8 Å². The van der Waals surface area contributed by atoms with Crippen molar-refractivity contribution >= 4 is 6.03 Å². The summed E-state index contributed by atoms with van der Waals surface area (Å²) in [5, 5.41) is 3.70. The third-order valence-corrected chi connectivity index (χ3v) is 6.59. The Morgan fingerprint density at radius 1 is 0.656 bits per heavy atom. The molecule has 2 aromatic carbocycles. The van der Waals surface area contributed by atoms with Crippen molar-refractivity contribution in [1.29, 1.82) is 0 Å². The van der Waals surface area contributed by atoms with E-state index in [4.69, 9.17) is 19.1 Å². The number of hydrogen-bond donors (Lipinski definition) is 0. The zero-order valence-corrected chi connectivity index (χ0v) is 17.7. The standard InChI is InChI=1S/C23H26N4O5/c28-23(24-11-13-26-21(29-15-31-26)19(24)17-7-3-1-4-8-17)25-12-14-27-22(30-16-32-27)20(25)18-9-5-2-6-10-18/h1-10,19-22H,11-16H2. The van der Waals surface area contributed by atoms with Gasteiger partial charge >= 0.3 is 6.03 Å². The molecule has 2 aromatic rings. The van der Waals surface area contributed by atoms with Gasteiger partial charge in [-0.3, -0.25) is 9.68 Å². The lowest BCUT2D eigenvalue weighted by Gasteiger charge is -2.48. The molecule has 9 heteroatoms. The number of piperazine rings is 2. The lowest BCUT2D eigenvalue weighted by molar-refractivity contribution is -0.179. The van der Waals surface area contributed by atoms with E-state index in [0.29, 0.717) is 26.2 Å². The minimum absolute atomic E-state index is 0.0296. The Morgan fingerprint density at radius 2 is 1.09 bits per heavy atom. The third kappa shape index (κ3) is 3.38. The van der Waals surface area contributed by atoms with Gasteiger partial charge in [0.05, 0.1) is 0 Å². The molecule has 0 aromatic heterocycles. The molecule has 4 saturated heterocycles. The highest BCUT2D eigenvalue weighted by molar-refractivity contribution is 5.76. The van der Waals surface area contributed by atoms with Gasteiger partial charge in [-0.05, 0) is 11.1 Å². The van der Waals surface area contributed by atoms with Gasteiger partial charge in [0.2, 0.25) is 0 Å². The first-order valence-corrected chi connectivity index (χ1v) is 11.0. The maximum atomic E-state index is 14.1. The van der Waals surface area contributed by atoms with Crippen molar-refractivity contribution in [3.63, 3.8) is 0 Å². The topological polar surface area (TPSA) is 67.0 Å². The molecule has 0 aliphatic carbocycles. The molecule has 4 unspecified atom stereocenters. The molecule has 0 spiro atoms. The SMILES string of the molecule is O=C(N1CCN2OCOC2C1c1ccccc1)N1CCN2OCOC2C1c1ccccc1. The molecule has 2 amide bonds. The molecule has 4 heterocycles. The largest absolute Gasteiger partial charge is 0.330 e. The second-order valence-corrected chi connectivity index (χ2v) is 8.27. The first-order valence-electron chi connectivity index (χ1n) is 11.0. The van der Waals surface area contributed by atoms with E-state index in [9.17, 15) is 4.79 Å². The average molecular weight is 438 g/mol. The van der Waals surface area contributed by atoms with E-state index in [-0.39, 0.29) is 44.2 Å². The van der Waals surface area contributed by atoms with Crippen LogP contribution in [0.1, 0.15) is 23.2 Å². The molecule has 0 saturated carbocycles. The maximum absolute atomic E-state index is 14.1. The lowest BCUT2D eigenvalue weighted by Crippen LogP contribution is -2.61. The van der Waals surface area contributed by atoms with Crippen molar-refractivity contribution in [1.82, 2.24) is 19.9 Å². The van der Waals surface area contributed by atoms with Gasteiger partial charge in [0.15, 0.2) is 26.0 Å². The number of rotatable bonds is 2. The number of benzene rings is 2. The van der Waals surface area contributed by atoms with Gasteiger partial charge in [0.1, 0.15) is 12.1 Å². The van der Waals surface area contributed by atoms with Gasteiger partial charge in [0, 0.05) is 26.2 Å². The summed E-state index contributed by atoms with van der Waals surface area (Å²) in [6, 6.07) is 19.5. The molecule has 32 heavy (non-hydrogen) atoms. The second kappa shape index (κ2) is 8.43. The minimum atomic E-state index is -0.336. The van der Waals surface area contributed by atoms with E-state index >= 15 is 0 Å². The Bertz CT molecular complexity index is 872. The number of fused-ring (bicyclic) bond motifs is 2. The van der Waals surface area contributed by atoms with Gasteiger partial charge < -0.3 is 19.3 Å². The van der Waals surface area contributed by atoms with Crippen LogP contribution < -0.4 is 0 Å². The quantitative estimate of drug-likeness (QED) is 0.713. The smallest absolute Gasteiger partial charge is 0.321 e. The van der Waals surface area contributed by atoms with Crippen LogP contribution in [0, 0.1) is 0 Å². The van der Waals surface area contributed by atoms with E-state index < -0.39 is 0 Å². The second-order valence-electron chi connectivity index (χ2n) is 8.27. The monoisotopic (exact) mass is 438 g/mol. The van der Waals surface area contributed by atoms with Crippen molar-refractivity contribution < 1.29 is 23.9 Å². The van der Waals surface area contributed by atoms with Crippen LogP contribution in [0.5, 0.6) is 0 Å². The highest BCUT2D eigenvalue weighted by atomic mass is 16.9. The summed E-state index contributed by atoms with van der Waals surface area (Å²) in [7, 11) is 0. The highest BCUT2D eigenvalue weighted by Gasteiger charge is 2.49. The minimum Gasteiger partial charge on any atom is -0.330 e. The molecule has 4 aliphatic heterocycles. The Labute approximate surface area is 186 Å². The highest BCUT2D eigenvalue weighted by Crippen LogP contribution is 2.39. The van der Waals surface area contributed by atoms with E-state index in [2.05, 4.69) is 0 Å². The summed E-state index contributed by atoms with van der Waals surface area (Å²) < 4.78 is 11.8. The summed E-state index contributed by atoms with van der Waals surface area (Å²) in [5.74, 6) is 0. The van der Waals surface area contributed by atoms with Crippen LogP contribution in [-0.4, -0.2) is 78.2 Å². The fraction of sp³-hybridized carbons (Fsp3) is 0.435. The molecule has 0 bridgehead atoms. The molecule has 4 aliphatic rings. The molecule has 0 N–H and O–H groups in total. The van der Waals surface area contributed by atoms with E-state index in [1.54, 1.807) is 0 Å². The first kappa shape index (κ1) is 20.1. The summed E-state index contributed by atoms with van der Waals surface area (Å²) in [6.07, 6.45) is -0.671. The van der Waals surface area contributed by atoms with Crippen molar-refractivity contribution in [2.45, 2.75) is 24.5 Å². The Balaban J connectivity index is 1.35. The molecule has 9 nitrogen and oxygen atoms in total. The van der Waals surface area contributed by atoms with Crippen LogP contribution in [0.15, 0.2) is 60.7 Å². The van der Waals surface area contributed by atoms with Gasteiger partial charge in [-0.1, -0.05) is 60.7 Å². The fourth-order valence-corrected chi connectivity index (χ4v) is 5.11. The Hall–Kier alpha value is -2.53. The van der Waals surface area contributed by atoms with E-state index in [0.717, 1.165) is 11.1 Å². The van der Waals surface area contributed by atoms with Crippen LogP contribution in [0.3, 0.4) is 0 Å². The number of carbonyl (C=O) groups is 1. The number of nitrogens with zero attached hydrogens (tertiary/aromatic N) is 4. The van der Waals surface area contributed by atoms with Crippen LogP contribution >= 0.6 is 0 Å². The Morgan fingerprint density at radius 3 is 1.53 bits per heavy atom. The summed E-state index contributed by atoms with van der Waals surface area (Å²) >= 11 is 0. The first-order chi connectivity index (χ1) is 15.8. The van der Waals surface area contributed by atoms with Gasteiger partial charge in [0.25, 0.3) is 0 Å². The molecule has 0 radical (unpaired) electrons. The Kier molecular flexibility index (Phi) is 5.30. The van der Waals surface area contributed by atoms with Crippen molar-refractivity contribution in [2.24, 2.45) is 0 Å². The molecule has 4 fully saturated rings. The zero-order chi connectivity index (χ0) is 21.5. The number of amides is 2. The van der Waals surface area contributed by atoms with Gasteiger partial charge in [-0.15, -0.1) is 0 Å². The van der Waals surface area contributed by atoms with E-state index in [1.165, 1.54) is 0 Å². The number of urea groups is 1. The van der Waals surface area contributed by atoms with Crippen molar-refractivity contribution in [2.75, 3.05) is 39.8 Å². The van der Waals surface area contributed by atoms with Crippen molar-refractivity contribution in [3.8, 4) is 0 Å². The van der Waals surface area contributed by atoms with Crippen LogP contribution in [-0.2, 0) is 19.1 Å². The van der Waals surface area contributed by atoms with Crippen LogP contribution in [0.4, 0.5) is 4.79 Å². The molecule has 6 rings (SSSR count). The third-order valence-electron chi connectivity index (χ3n) is 6.59. The number of hydroxylamine groups is 4. The number of carbonyl (C=O) groups excluding carboxylic acids is 1. The normalized spacial score (nSPS) is 30.9. The summed E-state index contributed by atoms with van der Waals surface area (Å²) in [4.78, 5) is 29.3. The predicted octanol–water partition coefficient (Wildman–Crippen LogP) is 2.31. The van der Waals surface area contributed by atoms with Crippen LogP contribution in [0.2, 0.25) is 0 Å². The molecular formula is C23H26N4O5. The van der Waals surface area contributed by atoms with Gasteiger partial charge in [-0.2, -0.15) is 10.1 Å². The zero-order valence-electron chi connectivity index (χ0n) is 17.7. The summed E-state index contributed by atoms with van der Waals surface area (Å²) in [5.41, 5.74) is 2.05. The molecular weight excluding hydrogens is 412 g/mol. The number of hydrogen-bond acceptors (Lipinski definition) is 7. The molecule has 168 valence electrons. The molecule has 4 atom stereocenters.